The van der Waals surface area contributed by atoms with Gasteiger partial charge in [-0.1, -0.05) is 66.2 Å². The van der Waals surface area contributed by atoms with E-state index < -0.39 is 21.1 Å². The first-order valence-corrected chi connectivity index (χ1v) is 14.1. The van der Waals surface area contributed by atoms with Crippen LogP contribution in [-0.4, -0.2) is 18.2 Å². The van der Waals surface area contributed by atoms with Gasteiger partial charge in [0.2, 0.25) is 0 Å². The van der Waals surface area contributed by atoms with Crippen molar-refractivity contribution < 1.29 is 13.3 Å². The van der Waals surface area contributed by atoms with E-state index in [2.05, 4.69) is 4.90 Å². The van der Waals surface area contributed by atoms with E-state index in [1.54, 1.807) is 42.1 Å². The van der Waals surface area contributed by atoms with Gasteiger partial charge >= 0.3 is 0 Å². The summed E-state index contributed by atoms with van der Waals surface area (Å²) in [6, 6.07) is 28.9. The van der Waals surface area contributed by atoms with Crippen molar-refractivity contribution in [2.24, 2.45) is 0 Å². The number of para-hydroxylation sites is 1. The van der Waals surface area contributed by atoms with Crippen molar-refractivity contribution in [3.8, 4) is 0 Å². The number of thioether (sulfide) groups is 1. The third kappa shape index (κ3) is 3.99. The van der Waals surface area contributed by atoms with Gasteiger partial charge in [-0.2, -0.15) is 0 Å². The minimum Gasteiger partial charge on any atom is -0.258 e. The van der Waals surface area contributed by atoms with Crippen LogP contribution in [0.25, 0.3) is 0 Å². The molecule has 6 rings (SSSR count). The van der Waals surface area contributed by atoms with Crippen molar-refractivity contribution in [2.45, 2.75) is 34.8 Å². The Bertz CT molecular complexity index is 1610. The highest BCUT2D eigenvalue weighted by molar-refractivity contribution is 7.99. The van der Waals surface area contributed by atoms with E-state index in [1.165, 1.54) is 16.4 Å². The van der Waals surface area contributed by atoms with Gasteiger partial charge in [-0.25, -0.2) is 12.7 Å². The third-order valence-corrected chi connectivity index (χ3v) is 9.94. The minimum absolute atomic E-state index is 0.0657. The predicted molar refractivity (Wildman–Crippen MR) is 144 cm³/mol. The summed E-state index contributed by atoms with van der Waals surface area (Å²) in [6.07, 6.45) is -0.762. The molecule has 0 fully saturated rings. The zero-order valence-electron chi connectivity index (χ0n) is 19.9. The Morgan fingerprint density at radius 2 is 1.59 bits per heavy atom. The average Bonchev–Trinajstić information content (AvgIpc) is 2.89. The standard InChI is InChI=1S/C28H23N3O4S2/c1-19-11-14-22(15-12-19)37(34,35)30-25-10-6-5-9-23(25)28-29(18-20-7-3-2-4-8-20)27(30)24-17-21(31(32)33)13-16-26(24)36-28/h2-17,27-28H,18H2,1H3/t27-,28-/m0/s1. The fraction of sp³-hybridized carbons (Fsp3) is 0.143. The van der Waals surface area contributed by atoms with Gasteiger partial charge < -0.3 is 0 Å². The number of nitro benzene ring substituents is 1. The van der Waals surface area contributed by atoms with Crippen LogP contribution >= 0.6 is 11.8 Å². The number of benzene rings is 4. The van der Waals surface area contributed by atoms with Crippen LogP contribution in [0.2, 0.25) is 0 Å². The van der Waals surface area contributed by atoms with Crippen LogP contribution in [0.3, 0.4) is 0 Å². The largest absolute Gasteiger partial charge is 0.269 e. The van der Waals surface area contributed by atoms with Crippen LogP contribution in [0.15, 0.2) is 107 Å². The number of anilines is 1. The molecule has 186 valence electrons. The van der Waals surface area contributed by atoms with Crippen LogP contribution < -0.4 is 4.31 Å². The van der Waals surface area contributed by atoms with Crippen LogP contribution in [0.1, 0.15) is 33.8 Å². The molecule has 7 nitrogen and oxygen atoms in total. The normalized spacial score (nSPS) is 18.7. The number of sulfonamides is 1. The van der Waals surface area contributed by atoms with Gasteiger partial charge in [-0.05, 0) is 36.8 Å². The van der Waals surface area contributed by atoms with Crippen molar-refractivity contribution >= 4 is 33.2 Å². The fourth-order valence-electron chi connectivity index (χ4n) is 5.03. The molecule has 0 aromatic heterocycles. The van der Waals surface area contributed by atoms with Crippen LogP contribution in [-0.2, 0) is 16.6 Å². The number of aryl methyl sites for hydroxylation is 1. The van der Waals surface area contributed by atoms with E-state index >= 15 is 0 Å². The molecule has 0 saturated carbocycles. The van der Waals surface area contributed by atoms with Gasteiger partial charge in [0.25, 0.3) is 15.7 Å². The summed E-state index contributed by atoms with van der Waals surface area (Å²) < 4.78 is 30.1. The SMILES string of the molecule is Cc1ccc(S(=O)(=O)N2c3ccccc3[C@@H]3Sc4ccc([N+](=O)[O-])cc4[C@H]2N3Cc2ccccc2)cc1. The molecular formula is C28H23N3O4S2. The molecule has 0 aliphatic carbocycles. The minimum atomic E-state index is -4.03. The third-order valence-electron chi connectivity index (χ3n) is 6.78. The van der Waals surface area contributed by atoms with E-state index in [0.29, 0.717) is 17.8 Å². The van der Waals surface area contributed by atoms with Crippen molar-refractivity contribution in [3.63, 3.8) is 0 Å². The summed E-state index contributed by atoms with van der Waals surface area (Å²) in [5, 5.41) is 11.5. The molecule has 0 spiro atoms. The lowest BCUT2D eigenvalue weighted by Gasteiger charge is -2.52. The topological polar surface area (TPSA) is 83.8 Å². The molecule has 0 N–H and O–H groups in total. The number of rotatable bonds is 5. The van der Waals surface area contributed by atoms with Gasteiger partial charge in [0.1, 0.15) is 6.17 Å². The maximum Gasteiger partial charge on any atom is 0.269 e. The Morgan fingerprint density at radius 3 is 2.32 bits per heavy atom. The van der Waals surface area contributed by atoms with Gasteiger partial charge in [0, 0.05) is 34.7 Å². The molecule has 2 heterocycles. The van der Waals surface area contributed by atoms with E-state index in [9.17, 15) is 18.5 Å². The molecule has 2 aliphatic heterocycles. The van der Waals surface area contributed by atoms with E-state index in [-0.39, 0.29) is 16.0 Å². The molecule has 4 aromatic rings. The quantitative estimate of drug-likeness (QED) is 0.219. The summed E-state index contributed by atoms with van der Waals surface area (Å²) in [4.78, 5) is 14.4. The zero-order chi connectivity index (χ0) is 25.7. The molecule has 9 heteroatoms. The number of fused-ring (bicyclic) bond motifs is 6. The highest BCUT2D eigenvalue weighted by Crippen LogP contribution is 2.59. The van der Waals surface area contributed by atoms with E-state index in [4.69, 9.17) is 0 Å². The molecular weight excluding hydrogens is 506 g/mol. The number of hydrogen-bond acceptors (Lipinski definition) is 6. The first kappa shape index (κ1) is 23.7. The Hall–Kier alpha value is -3.66. The molecule has 2 bridgehead atoms. The molecule has 2 atom stereocenters. The fourth-order valence-corrected chi connectivity index (χ4v) is 8.00. The molecule has 2 aliphatic rings. The maximum atomic E-state index is 14.3. The first-order valence-electron chi connectivity index (χ1n) is 11.8. The lowest BCUT2D eigenvalue weighted by Crippen LogP contribution is -2.51. The van der Waals surface area contributed by atoms with Gasteiger partial charge in [-0.15, -0.1) is 11.8 Å². The van der Waals surface area contributed by atoms with E-state index in [1.807, 2.05) is 61.5 Å². The van der Waals surface area contributed by atoms with Gasteiger partial charge in [-0.3, -0.25) is 15.0 Å². The first-order chi connectivity index (χ1) is 17.8. The van der Waals surface area contributed by atoms with Crippen molar-refractivity contribution in [1.29, 1.82) is 0 Å². The molecule has 0 unspecified atom stereocenters. The highest BCUT2D eigenvalue weighted by Gasteiger charge is 2.49. The maximum absolute atomic E-state index is 14.3. The Labute approximate surface area is 219 Å². The average molecular weight is 530 g/mol. The van der Waals surface area contributed by atoms with Gasteiger partial charge in [0.15, 0.2) is 0 Å². The Morgan fingerprint density at radius 1 is 0.892 bits per heavy atom. The lowest BCUT2D eigenvalue weighted by atomic mass is 10.0. The van der Waals surface area contributed by atoms with Crippen LogP contribution in [0.5, 0.6) is 0 Å². The van der Waals surface area contributed by atoms with E-state index in [0.717, 1.165) is 21.6 Å². The predicted octanol–water partition coefficient (Wildman–Crippen LogP) is 6.42. The van der Waals surface area contributed by atoms with Crippen LogP contribution in [0, 0.1) is 17.0 Å². The second kappa shape index (κ2) is 9.02. The highest BCUT2D eigenvalue weighted by atomic mass is 32.2. The molecule has 0 saturated heterocycles. The second-order valence-corrected chi connectivity index (χ2v) is 12.1. The Kier molecular flexibility index (Phi) is 5.78. The molecule has 0 amide bonds. The van der Waals surface area contributed by atoms with Crippen LogP contribution in [0.4, 0.5) is 11.4 Å². The summed E-state index contributed by atoms with van der Waals surface area (Å²) in [5.74, 6) is 0. The number of nitrogens with zero attached hydrogens (tertiary/aromatic N) is 3. The van der Waals surface area contributed by atoms with Crippen molar-refractivity contribution in [2.75, 3.05) is 4.31 Å². The molecule has 0 radical (unpaired) electrons. The summed E-state index contributed by atoms with van der Waals surface area (Å²) in [7, 11) is -4.03. The lowest BCUT2D eigenvalue weighted by molar-refractivity contribution is -0.385. The molecule has 37 heavy (non-hydrogen) atoms. The second-order valence-electron chi connectivity index (χ2n) is 9.15. The van der Waals surface area contributed by atoms with Crippen molar-refractivity contribution in [1.82, 2.24) is 4.90 Å². The summed E-state index contributed by atoms with van der Waals surface area (Å²) >= 11 is 1.59. The number of hydrogen-bond donors (Lipinski definition) is 0. The Balaban J connectivity index is 1.61. The van der Waals surface area contributed by atoms with Gasteiger partial charge in [0.05, 0.1) is 20.9 Å². The molecule has 4 aromatic carbocycles. The van der Waals surface area contributed by atoms with Crippen molar-refractivity contribution in [3.05, 3.63) is 129 Å². The summed E-state index contributed by atoms with van der Waals surface area (Å²) in [5.41, 5.74) is 4.00. The smallest absolute Gasteiger partial charge is 0.258 e. The number of non-ortho nitro benzene ring substituents is 1. The monoisotopic (exact) mass is 529 g/mol. The zero-order valence-corrected chi connectivity index (χ0v) is 21.5. The summed E-state index contributed by atoms with van der Waals surface area (Å²) in [6.45, 7) is 2.38. The number of nitro groups is 1.